The van der Waals surface area contributed by atoms with E-state index < -0.39 is 0 Å². The van der Waals surface area contributed by atoms with Crippen molar-refractivity contribution in [3.05, 3.63) is 39.7 Å². The molecule has 0 saturated carbocycles. The number of thiazole rings is 1. The highest BCUT2D eigenvalue weighted by Gasteiger charge is 1.88. The monoisotopic (exact) mass is 237 g/mol. The molecule has 1 aromatic heterocycles. The lowest BCUT2D eigenvalue weighted by molar-refractivity contribution is 1.24. The lowest BCUT2D eigenvalue weighted by Gasteiger charge is -1.71. The third-order valence-corrected chi connectivity index (χ3v) is 2.31. The first-order chi connectivity index (χ1) is 7.74. The van der Waals surface area contributed by atoms with Gasteiger partial charge in [0.25, 0.3) is 0 Å². The van der Waals surface area contributed by atoms with Gasteiger partial charge in [-0.2, -0.15) is 0 Å². The van der Waals surface area contributed by atoms with E-state index in [1.807, 2.05) is 52.8 Å². The van der Waals surface area contributed by atoms with Gasteiger partial charge in [0.05, 0.1) is 14.9 Å². The summed E-state index contributed by atoms with van der Waals surface area (Å²) in [5.41, 5.74) is 0. The molecule has 90 valence electrons. The Labute approximate surface area is 104 Å². The minimum atomic E-state index is 0.853. The largest absolute Gasteiger partial charge is 0.242 e. The highest BCUT2D eigenvalue weighted by Crippen LogP contribution is 1.90. The molecule has 0 saturated heterocycles. The van der Waals surface area contributed by atoms with Crippen LogP contribution in [0.25, 0.3) is 12.7 Å². The topological polar surface area (TPSA) is 12.9 Å². The van der Waals surface area contributed by atoms with Gasteiger partial charge in [0.2, 0.25) is 0 Å². The molecule has 0 aliphatic carbocycles. The Balaban J connectivity index is 0. The molecule has 0 spiro atoms. The molecular formula is C14H23NS. The third kappa shape index (κ3) is 7.18. The number of aromatic nitrogens is 1. The average molecular weight is 237 g/mol. The van der Waals surface area contributed by atoms with Crippen LogP contribution in [0, 0.1) is 6.92 Å². The van der Waals surface area contributed by atoms with Gasteiger partial charge < -0.3 is 0 Å². The Morgan fingerprint density at radius 1 is 1.12 bits per heavy atom. The zero-order chi connectivity index (χ0) is 13.0. The molecule has 0 N–H and O–H groups in total. The van der Waals surface area contributed by atoms with E-state index >= 15 is 0 Å². The van der Waals surface area contributed by atoms with Crippen molar-refractivity contribution in [2.24, 2.45) is 0 Å². The van der Waals surface area contributed by atoms with E-state index in [0.717, 1.165) is 14.9 Å². The molecule has 0 aliphatic rings. The summed E-state index contributed by atoms with van der Waals surface area (Å²) in [4.78, 5) is 4.21. The van der Waals surface area contributed by atoms with Gasteiger partial charge in [0.15, 0.2) is 0 Å². The summed E-state index contributed by atoms with van der Waals surface area (Å²) in [6, 6.07) is 0. The third-order valence-electron chi connectivity index (χ3n) is 1.33. The molecule has 2 heteroatoms. The number of nitrogens with zero attached hydrogens (tertiary/aromatic N) is 1. The zero-order valence-corrected chi connectivity index (χ0v) is 11.9. The maximum Gasteiger partial charge on any atom is 0.0907 e. The quantitative estimate of drug-likeness (QED) is 0.718. The van der Waals surface area contributed by atoms with E-state index in [9.17, 15) is 0 Å². The number of hydrogen-bond acceptors (Lipinski definition) is 2. The standard InChI is InChI=1S/C10H11NS.2C2H6/c1-4-5-6-7-10-8(2)11-9(3)12-10;2*1-2/h4-7H,1-2H2,3H3;2*1-2H3/b6-5-,10-7+;;. The maximum absolute atomic E-state index is 4.21. The summed E-state index contributed by atoms with van der Waals surface area (Å²) < 4.78 is 1.12. The Morgan fingerprint density at radius 3 is 2.06 bits per heavy atom. The van der Waals surface area contributed by atoms with Crippen LogP contribution >= 0.6 is 11.3 Å². The highest BCUT2D eigenvalue weighted by atomic mass is 32.1. The lowest BCUT2D eigenvalue weighted by atomic mass is 10.4. The number of hydrogen-bond donors (Lipinski definition) is 0. The molecule has 1 heterocycles. The molecule has 1 nitrogen and oxygen atoms in total. The smallest absolute Gasteiger partial charge is 0.0907 e. The summed E-state index contributed by atoms with van der Waals surface area (Å²) in [5.74, 6) is 0. The Morgan fingerprint density at radius 2 is 1.69 bits per heavy atom. The summed E-state index contributed by atoms with van der Waals surface area (Å²) in [7, 11) is 0. The fourth-order valence-corrected chi connectivity index (χ4v) is 1.62. The first kappa shape index (κ1) is 17.3. The molecule has 16 heavy (non-hydrogen) atoms. The van der Waals surface area contributed by atoms with Crippen molar-refractivity contribution in [1.82, 2.24) is 4.98 Å². The van der Waals surface area contributed by atoms with Crippen LogP contribution in [0.3, 0.4) is 0 Å². The van der Waals surface area contributed by atoms with Crippen LogP contribution in [0.15, 0.2) is 24.8 Å². The SMILES string of the molecule is C=C/C=C\C=c1\sc(C)nc1=C.CC.CC. The first-order valence-corrected chi connectivity index (χ1v) is 6.47. The van der Waals surface area contributed by atoms with Crippen molar-refractivity contribution in [1.29, 1.82) is 0 Å². The Kier molecular flexibility index (Phi) is 12.9. The zero-order valence-electron chi connectivity index (χ0n) is 11.1. The van der Waals surface area contributed by atoms with Gasteiger partial charge in [0.1, 0.15) is 0 Å². The second-order valence-electron chi connectivity index (χ2n) is 2.33. The summed E-state index contributed by atoms with van der Waals surface area (Å²) in [6.07, 6.45) is 7.56. The van der Waals surface area contributed by atoms with Crippen LogP contribution in [-0.2, 0) is 0 Å². The number of rotatable bonds is 2. The predicted molar refractivity (Wildman–Crippen MR) is 78.1 cm³/mol. The van der Waals surface area contributed by atoms with E-state index in [1.54, 1.807) is 17.4 Å². The molecule has 0 bridgehead atoms. The van der Waals surface area contributed by atoms with Gasteiger partial charge in [-0.1, -0.05) is 59.1 Å². The maximum atomic E-state index is 4.21. The van der Waals surface area contributed by atoms with Crippen molar-refractivity contribution in [2.75, 3.05) is 0 Å². The van der Waals surface area contributed by atoms with E-state index in [-0.39, 0.29) is 0 Å². The Bertz CT molecular complexity index is 399. The van der Waals surface area contributed by atoms with Crippen LogP contribution in [-0.4, -0.2) is 4.98 Å². The van der Waals surface area contributed by atoms with Crippen molar-refractivity contribution >= 4 is 24.0 Å². The van der Waals surface area contributed by atoms with Crippen molar-refractivity contribution in [3.63, 3.8) is 0 Å². The van der Waals surface area contributed by atoms with Gasteiger partial charge in [-0.3, -0.25) is 0 Å². The van der Waals surface area contributed by atoms with Crippen LogP contribution in [0.5, 0.6) is 0 Å². The van der Waals surface area contributed by atoms with E-state index in [1.165, 1.54) is 0 Å². The average Bonchev–Trinajstić information content (AvgIpc) is 2.64. The predicted octanol–water partition coefficient (Wildman–Crippen LogP) is 3.44. The van der Waals surface area contributed by atoms with Gasteiger partial charge in [-0.25, -0.2) is 4.98 Å². The van der Waals surface area contributed by atoms with Crippen molar-refractivity contribution < 1.29 is 0 Å². The van der Waals surface area contributed by atoms with E-state index in [2.05, 4.69) is 18.1 Å². The molecule has 1 aromatic rings. The van der Waals surface area contributed by atoms with Gasteiger partial charge >= 0.3 is 0 Å². The molecule has 0 unspecified atom stereocenters. The molecule has 0 radical (unpaired) electrons. The normalized spacial score (nSPS) is 10.2. The number of aryl methyl sites for hydroxylation is 1. The number of allylic oxidation sites excluding steroid dienone is 3. The second-order valence-corrected chi connectivity index (χ2v) is 3.57. The molecule has 0 aromatic carbocycles. The van der Waals surface area contributed by atoms with Crippen molar-refractivity contribution in [3.8, 4) is 0 Å². The van der Waals surface area contributed by atoms with Crippen LogP contribution < -0.4 is 9.88 Å². The van der Waals surface area contributed by atoms with Crippen molar-refractivity contribution in [2.45, 2.75) is 34.6 Å². The molecule has 0 fully saturated rings. The molecule has 0 amide bonds. The fourth-order valence-electron chi connectivity index (χ4n) is 0.838. The summed E-state index contributed by atoms with van der Waals surface area (Å²) >= 11 is 1.65. The van der Waals surface area contributed by atoms with E-state index in [0.29, 0.717) is 0 Å². The van der Waals surface area contributed by atoms with Gasteiger partial charge in [-0.15, -0.1) is 11.3 Å². The lowest BCUT2D eigenvalue weighted by Crippen LogP contribution is -2.17. The molecule has 0 atom stereocenters. The van der Waals surface area contributed by atoms with E-state index in [4.69, 9.17) is 0 Å². The molecular weight excluding hydrogens is 214 g/mol. The van der Waals surface area contributed by atoms with Gasteiger partial charge in [0, 0.05) is 0 Å². The fraction of sp³-hybridized carbons (Fsp3) is 0.357. The Hall–Kier alpha value is -1.15. The first-order valence-electron chi connectivity index (χ1n) is 5.66. The molecule has 1 rings (SSSR count). The highest BCUT2D eigenvalue weighted by molar-refractivity contribution is 7.09. The second kappa shape index (κ2) is 11.9. The summed E-state index contributed by atoms with van der Waals surface area (Å²) in [5, 5.41) is 1.91. The summed E-state index contributed by atoms with van der Waals surface area (Å²) in [6.45, 7) is 17.4. The minimum absolute atomic E-state index is 0.853. The minimum Gasteiger partial charge on any atom is -0.242 e. The van der Waals surface area contributed by atoms with Crippen LogP contribution in [0.2, 0.25) is 0 Å². The molecule has 0 aliphatic heterocycles. The van der Waals surface area contributed by atoms with Crippen LogP contribution in [0.1, 0.15) is 32.7 Å². The van der Waals surface area contributed by atoms with Gasteiger partial charge in [-0.05, 0) is 13.0 Å². The van der Waals surface area contributed by atoms with Crippen LogP contribution in [0.4, 0.5) is 0 Å².